The van der Waals surface area contributed by atoms with Crippen molar-refractivity contribution in [3.05, 3.63) is 59.8 Å². The van der Waals surface area contributed by atoms with E-state index in [1.807, 2.05) is 4.90 Å². The summed E-state index contributed by atoms with van der Waals surface area (Å²) in [6.07, 6.45) is 3.38. The smallest absolute Gasteiger partial charge is 0.321 e. The molecule has 0 radical (unpaired) electrons. The van der Waals surface area contributed by atoms with Crippen LogP contribution in [0.15, 0.2) is 47.1 Å². The Morgan fingerprint density at radius 3 is 2.76 bits per heavy atom. The summed E-state index contributed by atoms with van der Waals surface area (Å²) in [4.78, 5) is 25.9. The molecule has 0 spiro atoms. The summed E-state index contributed by atoms with van der Waals surface area (Å²) in [7, 11) is 0. The molecule has 132 valence electrons. The lowest BCUT2D eigenvalue weighted by atomic mass is 10.0. The van der Waals surface area contributed by atoms with Gasteiger partial charge in [-0.1, -0.05) is 12.1 Å². The van der Waals surface area contributed by atoms with Gasteiger partial charge in [-0.3, -0.25) is 15.0 Å². The van der Waals surface area contributed by atoms with Crippen LogP contribution in [0.25, 0.3) is 0 Å². The van der Waals surface area contributed by atoms with Gasteiger partial charge in [-0.15, -0.1) is 0 Å². The van der Waals surface area contributed by atoms with E-state index in [9.17, 15) is 14.0 Å². The molecule has 7 heteroatoms. The van der Waals surface area contributed by atoms with Crippen LogP contribution in [0.3, 0.4) is 0 Å². The Labute approximate surface area is 145 Å². The third-order valence-electron chi connectivity index (χ3n) is 4.22. The molecule has 1 aromatic carbocycles. The fraction of sp³-hybridized carbons (Fsp3) is 0.333. The summed E-state index contributed by atoms with van der Waals surface area (Å²) in [6.45, 7) is 1.10. The number of urea groups is 1. The molecule has 0 aliphatic carbocycles. The van der Waals surface area contributed by atoms with Crippen molar-refractivity contribution in [3.63, 3.8) is 0 Å². The van der Waals surface area contributed by atoms with E-state index < -0.39 is 6.03 Å². The zero-order chi connectivity index (χ0) is 17.6. The maximum atomic E-state index is 13.1. The van der Waals surface area contributed by atoms with Gasteiger partial charge in [0.15, 0.2) is 0 Å². The number of carbonyl (C=O) groups excluding carboxylic acids is 2. The molecule has 2 heterocycles. The molecule has 2 aromatic rings. The Hall–Kier alpha value is -2.67. The standard InChI is InChI=1S/C18H20FN3O3/c19-14-7-5-13(6-8-14)16-4-1-9-22(16)12-17(23)21-18(24)20-11-15-3-2-10-25-15/h2-3,5-8,10,16H,1,4,9,11-12H2,(H2,20,21,23,24). The maximum Gasteiger partial charge on any atom is 0.321 e. The number of benzene rings is 1. The average molecular weight is 345 g/mol. The van der Waals surface area contributed by atoms with E-state index in [1.54, 1.807) is 24.3 Å². The van der Waals surface area contributed by atoms with E-state index in [0.717, 1.165) is 24.9 Å². The van der Waals surface area contributed by atoms with Crippen molar-refractivity contribution in [2.45, 2.75) is 25.4 Å². The number of imide groups is 1. The molecule has 0 bridgehead atoms. The maximum absolute atomic E-state index is 13.1. The van der Waals surface area contributed by atoms with Gasteiger partial charge in [0.2, 0.25) is 5.91 Å². The van der Waals surface area contributed by atoms with E-state index in [0.29, 0.717) is 5.76 Å². The van der Waals surface area contributed by atoms with Gasteiger partial charge in [0.1, 0.15) is 11.6 Å². The number of nitrogens with zero attached hydrogens (tertiary/aromatic N) is 1. The number of rotatable bonds is 5. The Bertz CT molecular complexity index is 716. The highest BCUT2D eigenvalue weighted by Gasteiger charge is 2.27. The molecule has 25 heavy (non-hydrogen) atoms. The summed E-state index contributed by atoms with van der Waals surface area (Å²) in [6, 6.07) is 9.31. The monoisotopic (exact) mass is 345 g/mol. The van der Waals surface area contributed by atoms with Crippen LogP contribution < -0.4 is 10.6 Å². The molecule has 1 unspecified atom stereocenters. The van der Waals surface area contributed by atoms with Crippen LogP contribution in [0.4, 0.5) is 9.18 Å². The minimum Gasteiger partial charge on any atom is -0.467 e. The molecule has 6 nitrogen and oxygen atoms in total. The fourth-order valence-corrected chi connectivity index (χ4v) is 3.05. The van der Waals surface area contributed by atoms with Crippen molar-refractivity contribution in [3.8, 4) is 0 Å². The normalized spacial score (nSPS) is 17.4. The Morgan fingerprint density at radius 2 is 2.04 bits per heavy atom. The van der Waals surface area contributed by atoms with Gasteiger partial charge in [-0.2, -0.15) is 0 Å². The molecule has 3 amide bonds. The predicted octanol–water partition coefficient (Wildman–Crippen LogP) is 2.58. The molecular formula is C18H20FN3O3. The van der Waals surface area contributed by atoms with E-state index >= 15 is 0 Å². The molecule has 0 saturated carbocycles. The van der Waals surface area contributed by atoms with Gasteiger partial charge in [0, 0.05) is 6.04 Å². The van der Waals surface area contributed by atoms with Crippen molar-refractivity contribution >= 4 is 11.9 Å². The largest absolute Gasteiger partial charge is 0.467 e. The number of halogens is 1. The molecule has 1 aliphatic heterocycles. The molecule has 3 rings (SSSR count). The van der Waals surface area contributed by atoms with Gasteiger partial charge in [0.05, 0.1) is 19.4 Å². The van der Waals surface area contributed by atoms with Crippen molar-refractivity contribution < 1.29 is 18.4 Å². The zero-order valence-electron chi connectivity index (χ0n) is 13.7. The molecule has 1 atom stereocenters. The lowest BCUT2D eigenvalue weighted by Crippen LogP contribution is -2.44. The minimum absolute atomic E-state index is 0.0672. The van der Waals surface area contributed by atoms with Gasteiger partial charge >= 0.3 is 6.03 Å². The highest BCUT2D eigenvalue weighted by atomic mass is 19.1. The van der Waals surface area contributed by atoms with E-state index in [1.165, 1.54) is 18.4 Å². The van der Waals surface area contributed by atoms with Crippen LogP contribution in [0.2, 0.25) is 0 Å². The highest BCUT2D eigenvalue weighted by molar-refractivity contribution is 5.95. The molecule has 1 aliphatic rings. The SMILES string of the molecule is O=C(CN1CCCC1c1ccc(F)cc1)NC(=O)NCc1ccco1. The van der Waals surface area contributed by atoms with E-state index in [4.69, 9.17) is 4.42 Å². The second-order valence-electron chi connectivity index (χ2n) is 5.99. The Balaban J connectivity index is 1.49. The number of carbonyl (C=O) groups is 2. The van der Waals surface area contributed by atoms with Crippen LogP contribution in [0, 0.1) is 5.82 Å². The van der Waals surface area contributed by atoms with Crippen molar-refractivity contribution in [1.82, 2.24) is 15.5 Å². The second-order valence-corrected chi connectivity index (χ2v) is 5.99. The first-order chi connectivity index (χ1) is 12.1. The van der Waals surface area contributed by atoms with Crippen molar-refractivity contribution in [2.75, 3.05) is 13.1 Å². The van der Waals surface area contributed by atoms with Crippen LogP contribution in [0.1, 0.15) is 30.2 Å². The first kappa shape index (κ1) is 17.2. The number of nitrogens with one attached hydrogen (secondary N) is 2. The summed E-state index contributed by atoms with van der Waals surface area (Å²) < 4.78 is 18.2. The Morgan fingerprint density at radius 1 is 1.24 bits per heavy atom. The van der Waals surface area contributed by atoms with Crippen molar-refractivity contribution in [2.24, 2.45) is 0 Å². The zero-order valence-corrected chi connectivity index (χ0v) is 13.7. The molecular weight excluding hydrogens is 325 g/mol. The quantitative estimate of drug-likeness (QED) is 0.873. The first-order valence-corrected chi connectivity index (χ1v) is 8.21. The number of amides is 3. The topological polar surface area (TPSA) is 74.6 Å². The van der Waals surface area contributed by atoms with Gasteiger partial charge < -0.3 is 9.73 Å². The number of furan rings is 1. The molecule has 1 fully saturated rings. The predicted molar refractivity (Wildman–Crippen MR) is 89.0 cm³/mol. The van der Waals surface area contributed by atoms with E-state index in [-0.39, 0.29) is 30.9 Å². The minimum atomic E-state index is -0.557. The molecule has 1 aromatic heterocycles. The number of hydrogen-bond donors (Lipinski definition) is 2. The summed E-state index contributed by atoms with van der Waals surface area (Å²) in [5.74, 6) is -0.0382. The van der Waals surface area contributed by atoms with Crippen LogP contribution >= 0.6 is 0 Å². The number of hydrogen-bond acceptors (Lipinski definition) is 4. The Kier molecular flexibility index (Phi) is 5.45. The average Bonchev–Trinajstić information content (AvgIpc) is 3.25. The first-order valence-electron chi connectivity index (χ1n) is 8.21. The summed E-state index contributed by atoms with van der Waals surface area (Å²) in [5.41, 5.74) is 0.981. The van der Waals surface area contributed by atoms with Gasteiger partial charge in [-0.05, 0) is 49.2 Å². The number of likely N-dealkylation sites (tertiary alicyclic amines) is 1. The summed E-state index contributed by atoms with van der Waals surface area (Å²) >= 11 is 0. The lowest BCUT2D eigenvalue weighted by Gasteiger charge is -2.24. The molecule has 2 N–H and O–H groups in total. The van der Waals surface area contributed by atoms with Crippen LogP contribution in [-0.4, -0.2) is 29.9 Å². The lowest BCUT2D eigenvalue weighted by molar-refractivity contribution is -0.121. The van der Waals surface area contributed by atoms with Crippen LogP contribution in [-0.2, 0) is 11.3 Å². The van der Waals surface area contributed by atoms with Crippen LogP contribution in [0.5, 0.6) is 0 Å². The van der Waals surface area contributed by atoms with Gasteiger partial charge in [-0.25, -0.2) is 9.18 Å². The second kappa shape index (κ2) is 7.94. The third kappa shape index (κ3) is 4.67. The highest BCUT2D eigenvalue weighted by Crippen LogP contribution is 2.31. The molecule has 1 saturated heterocycles. The van der Waals surface area contributed by atoms with E-state index in [2.05, 4.69) is 10.6 Å². The summed E-state index contributed by atoms with van der Waals surface area (Å²) in [5, 5.41) is 4.88. The van der Waals surface area contributed by atoms with Gasteiger partial charge in [0.25, 0.3) is 0 Å². The third-order valence-corrected chi connectivity index (χ3v) is 4.22. The van der Waals surface area contributed by atoms with Crippen molar-refractivity contribution in [1.29, 1.82) is 0 Å². The fourth-order valence-electron chi connectivity index (χ4n) is 3.05.